The number of hydrogen-bond donors (Lipinski definition) is 7. The number of carbonyl (C=O) groups is 1. The molecule has 1 aliphatic heterocycles. The zero-order chi connectivity index (χ0) is 52.8. The number of hydrogen-bond acceptors (Lipinski definition) is 18. The standard InChI is InChI=1S/C41H54N11O16P3/c1-7-9-29(4)35(45-6)20-28(3)12-11-27(2)13-14-30(5)46-17-19-62-33-15-16-34(32(21-33)23-47-50-43)40(53)63-18-8-10-31-24-52(41(54)49-39(31)42)38-22-36(64-26-48-51-44)37(66-38)25-65-70(58,59)68-71(60,61)67-69(55,56)57/h7,9,11-12,15-16,20-21,24,36-38,45-46H,2,5,13-14,17-19,22-23,25-26H2,1,3-4,6H3,(H,58,59)(H,60,61)(H2,42,49,54)(H2,55,56,57)/b9-7+,12-11-,28-20+,35-29-/t36-,37-,38-/m1/s1. The maximum Gasteiger partial charge on any atom is 0.490 e. The summed E-state index contributed by atoms with van der Waals surface area (Å²) in [4.78, 5) is 72.0. The van der Waals surface area contributed by atoms with Crippen LogP contribution in [-0.4, -0.2) is 87.4 Å². The van der Waals surface area contributed by atoms with E-state index in [1.165, 1.54) is 12.1 Å². The molecule has 2 heterocycles. The highest BCUT2D eigenvalue weighted by Gasteiger charge is 2.43. The second-order valence-electron chi connectivity index (χ2n) is 14.7. The molecule has 1 aliphatic rings. The predicted octanol–water partition coefficient (Wildman–Crippen LogP) is 6.52. The van der Waals surface area contributed by atoms with Crippen molar-refractivity contribution in [3.05, 3.63) is 144 Å². The number of phosphoric acid groups is 3. The molecule has 0 spiro atoms. The van der Waals surface area contributed by atoms with Crippen LogP contribution >= 0.6 is 23.5 Å². The Morgan fingerprint density at radius 3 is 2.49 bits per heavy atom. The molecule has 71 heavy (non-hydrogen) atoms. The van der Waals surface area contributed by atoms with E-state index in [4.69, 9.17) is 45.5 Å². The normalized spacial score (nSPS) is 17.9. The number of carbonyl (C=O) groups excluding carboxylic acids is 1. The molecule has 5 atom stereocenters. The van der Waals surface area contributed by atoms with Crippen molar-refractivity contribution in [2.75, 3.05) is 45.9 Å². The van der Waals surface area contributed by atoms with Gasteiger partial charge in [0.05, 0.1) is 30.4 Å². The molecule has 0 aliphatic carbocycles. The molecule has 0 saturated carbocycles. The van der Waals surface area contributed by atoms with Gasteiger partial charge < -0.3 is 54.9 Å². The molecule has 8 N–H and O–H groups in total. The number of likely N-dealkylation sites (N-methyl/N-ethyl adjacent to an activating group) is 1. The topological polar surface area (TPSA) is 396 Å². The maximum atomic E-state index is 13.1. The first-order chi connectivity index (χ1) is 33.5. The molecule has 3 rings (SSSR count). The number of nitrogens with two attached hydrogens (primary N) is 1. The SMILES string of the molecule is C=C(\C=C/C(C)=C/C(NC)=C(C)/C=C/C)CCC(=C)NCCOc1ccc(C(=O)OCC#Cc2cn([C@H]3C[C@@H](OCN=[N+]=[N-])[C@@H](COP(=O)(O)OP(=O)(O)OP(=O)(O)O)O3)c(=O)nc2N)c(CN=[N+]=[N-])c1. The summed E-state index contributed by atoms with van der Waals surface area (Å²) in [5.74, 6) is 4.46. The van der Waals surface area contributed by atoms with E-state index >= 15 is 0 Å². The third-order valence-electron chi connectivity index (χ3n) is 9.36. The number of nitrogens with one attached hydrogen (secondary N) is 2. The molecule has 1 saturated heterocycles. The van der Waals surface area contributed by atoms with Crippen LogP contribution in [0.1, 0.15) is 67.7 Å². The first kappa shape index (κ1) is 59.0. The fourth-order valence-corrected chi connectivity index (χ4v) is 9.17. The molecule has 1 aromatic carbocycles. The number of esters is 1. The Bertz CT molecular complexity index is 2770. The highest BCUT2D eigenvalue weighted by molar-refractivity contribution is 7.66. The summed E-state index contributed by atoms with van der Waals surface area (Å²) >= 11 is 0. The minimum Gasteiger partial charge on any atom is -0.492 e. The van der Waals surface area contributed by atoms with Gasteiger partial charge in [-0.1, -0.05) is 65.1 Å². The number of azide groups is 2. The van der Waals surface area contributed by atoms with Crippen LogP contribution in [-0.2, 0) is 47.6 Å². The average Bonchev–Trinajstić information content (AvgIpc) is 3.70. The van der Waals surface area contributed by atoms with Gasteiger partial charge in [-0.15, -0.1) is 0 Å². The molecular weight excluding hydrogens is 995 g/mol. The highest BCUT2D eigenvalue weighted by atomic mass is 31.3. The maximum absolute atomic E-state index is 13.1. The summed E-state index contributed by atoms with van der Waals surface area (Å²) in [6, 6.07) is 4.52. The van der Waals surface area contributed by atoms with Crippen LogP contribution in [0, 0.1) is 11.8 Å². The minimum absolute atomic E-state index is 0.0414. The van der Waals surface area contributed by atoms with Crippen LogP contribution in [0.15, 0.2) is 111 Å². The Hall–Kier alpha value is -6.28. The molecule has 0 radical (unpaired) electrons. The molecule has 1 fully saturated rings. The van der Waals surface area contributed by atoms with Crippen LogP contribution in [0.2, 0.25) is 0 Å². The van der Waals surface area contributed by atoms with E-state index in [-0.39, 0.29) is 36.5 Å². The molecular formula is C41H54N11O16P3. The van der Waals surface area contributed by atoms with E-state index in [9.17, 15) is 33.1 Å². The van der Waals surface area contributed by atoms with Crippen LogP contribution in [0.25, 0.3) is 20.9 Å². The summed E-state index contributed by atoms with van der Waals surface area (Å²) in [6.45, 7) is 12.7. The van der Waals surface area contributed by atoms with Gasteiger partial charge >= 0.3 is 35.1 Å². The summed E-state index contributed by atoms with van der Waals surface area (Å²) in [7, 11) is -15.2. The molecule has 2 aromatic rings. The Morgan fingerprint density at radius 1 is 1.08 bits per heavy atom. The predicted molar refractivity (Wildman–Crippen MR) is 257 cm³/mol. The van der Waals surface area contributed by atoms with E-state index in [0.717, 1.165) is 38.9 Å². The van der Waals surface area contributed by atoms with Crippen molar-refractivity contribution in [2.24, 2.45) is 10.2 Å². The van der Waals surface area contributed by atoms with Crippen molar-refractivity contribution in [2.45, 2.75) is 65.0 Å². The third kappa shape index (κ3) is 21.3. The molecule has 0 amide bonds. The van der Waals surface area contributed by atoms with E-state index < -0.39 is 73.5 Å². The summed E-state index contributed by atoms with van der Waals surface area (Å²) in [5.41, 5.74) is 27.9. The van der Waals surface area contributed by atoms with E-state index in [0.29, 0.717) is 30.7 Å². The zero-order valence-corrected chi connectivity index (χ0v) is 41.6. The van der Waals surface area contributed by atoms with E-state index in [1.54, 1.807) is 6.07 Å². The number of aromatic nitrogens is 2. The van der Waals surface area contributed by atoms with Crippen molar-refractivity contribution >= 4 is 35.3 Å². The van der Waals surface area contributed by atoms with Gasteiger partial charge in [-0.2, -0.15) is 13.6 Å². The molecule has 27 nitrogen and oxygen atoms in total. The van der Waals surface area contributed by atoms with Gasteiger partial charge in [-0.3, -0.25) is 9.09 Å². The van der Waals surface area contributed by atoms with Gasteiger partial charge in [0.2, 0.25) is 0 Å². The monoisotopic (exact) mass is 1050 g/mol. The van der Waals surface area contributed by atoms with Gasteiger partial charge in [0.25, 0.3) is 0 Å². The van der Waals surface area contributed by atoms with E-state index in [1.807, 2.05) is 52.1 Å². The third-order valence-corrected chi connectivity index (χ3v) is 13.2. The number of rotatable bonds is 28. The summed E-state index contributed by atoms with van der Waals surface area (Å²) in [6.07, 6.45) is 8.54. The lowest BCUT2D eigenvalue weighted by molar-refractivity contribution is -0.0601. The number of allylic oxidation sites excluding steroid dienone is 9. The van der Waals surface area contributed by atoms with Crippen LogP contribution < -0.4 is 26.8 Å². The molecule has 384 valence electrons. The lowest BCUT2D eigenvalue weighted by Crippen LogP contribution is -2.29. The first-order valence-corrected chi connectivity index (χ1v) is 25.4. The van der Waals surface area contributed by atoms with Gasteiger partial charge in [0.1, 0.15) is 37.2 Å². The van der Waals surface area contributed by atoms with Gasteiger partial charge in [0.15, 0.2) is 6.61 Å². The van der Waals surface area contributed by atoms with Crippen molar-refractivity contribution in [1.82, 2.24) is 20.2 Å². The second-order valence-corrected chi connectivity index (χ2v) is 19.2. The Morgan fingerprint density at radius 2 is 1.82 bits per heavy atom. The molecule has 0 bridgehead atoms. The highest BCUT2D eigenvalue weighted by Crippen LogP contribution is 2.66. The Kier molecular flexibility index (Phi) is 23.7. The van der Waals surface area contributed by atoms with Gasteiger partial charge in [0, 0.05) is 47.4 Å². The number of anilines is 1. The summed E-state index contributed by atoms with van der Waals surface area (Å²) in [5, 5.41) is 13.2. The fourth-order valence-electron chi connectivity index (χ4n) is 6.14. The number of benzene rings is 1. The lowest BCUT2D eigenvalue weighted by atomic mass is 10.1. The van der Waals surface area contributed by atoms with Crippen molar-refractivity contribution in [3.8, 4) is 17.6 Å². The number of nitrogen functional groups attached to an aromatic ring is 1. The number of nitrogens with zero attached hydrogens (tertiary/aromatic N) is 8. The van der Waals surface area contributed by atoms with Crippen molar-refractivity contribution < 1.29 is 70.2 Å². The largest absolute Gasteiger partial charge is 0.492 e. The molecule has 2 unspecified atom stereocenters. The quantitative estimate of drug-likeness (QED) is 0.00697. The first-order valence-electron chi connectivity index (χ1n) is 20.8. The van der Waals surface area contributed by atoms with Gasteiger partial charge in [-0.05, 0) is 85.7 Å². The van der Waals surface area contributed by atoms with Crippen molar-refractivity contribution in [3.63, 3.8) is 0 Å². The summed E-state index contributed by atoms with van der Waals surface area (Å²) < 4.78 is 70.4. The smallest absolute Gasteiger partial charge is 0.490 e. The lowest BCUT2D eigenvalue weighted by Gasteiger charge is -2.21. The van der Waals surface area contributed by atoms with Crippen LogP contribution in [0.4, 0.5) is 5.82 Å². The number of ether oxygens (including phenoxy) is 4. The van der Waals surface area contributed by atoms with Crippen molar-refractivity contribution in [1.29, 1.82) is 0 Å². The zero-order valence-electron chi connectivity index (χ0n) is 38.9. The Labute approximate surface area is 407 Å². The number of phosphoric ester groups is 1. The minimum atomic E-state index is -5.84. The van der Waals surface area contributed by atoms with Crippen LogP contribution in [0.5, 0.6) is 5.75 Å². The molecule has 1 aromatic heterocycles. The average molecular weight is 1050 g/mol. The molecule has 30 heteroatoms. The second kappa shape index (κ2) is 28.5. The van der Waals surface area contributed by atoms with Gasteiger partial charge in [-0.25, -0.2) is 23.3 Å². The fraction of sp³-hybridized carbons (Fsp3) is 0.390. The van der Waals surface area contributed by atoms with E-state index in [2.05, 4.69) is 79.9 Å². The Balaban J connectivity index is 1.61. The van der Waals surface area contributed by atoms with Crippen LogP contribution in [0.3, 0.4) is 0 Å².